The third-order valence-electron chi connectivity index (χ3n) is 1.12. The minimum atomic E-state index is 0.661. The first-order valence-corrected chi connectivity index (χ1v) is 3.25. The highest BCUT2D eigenvalue weighted by molar-refractivity contribution is 7.80. The van der Waals surface area contributed by atoms with E-state index in [9.17, 15) is 0 Å². The van der Waals surface area contributed by atoms with Crippen LogP contribution in [-0.2, 0) is 0 Å². The molecule has 2 N–H and O–H groups in total. The molecule has 0 unspecified atom stereocenters. The molecule has 0 atom stereocenters. The second-order valence-corrected chi connectivity index (χ2v) is 2.37. The number of aliphatic imine (C=N–C) groups is 1. The Labute approximate surface area is 59.5 Å². The summed E-state index contributed by atoms with van der Waals surface area (Å²) >= 11 is 4.83. The zero-order valence-corrected chi connectivity index (χ0v) is 5.90. The van der Waals surface area contributed by atoms with Gasteiger partial charge in [0.05, 0.1) is 12.9 Å². The molecule has 0 aromatic heterocycles. The van der Waals surface area contributed by atoms with Crippen LogP contribution in [0.25, 0.3) is 0 Å². The minimum Gasteiger partial charge on any atom is -0.355 e. The summed E-state index contributed by atoms with van der Waals surface area (Å²) in [4.78, 5) is 6.67. The maximum Gasteiger partial charge on any atom is 0.124 e. The molecule has 4 heteroatoms. The predicted octanol–water partition coefficient (Wildman–Crippen LogP) is -0.384. The highest BCUT2D eigenvalue weighted by Crippen LogP contribution is 1.94. The van der Waals surface area contributed by atoms with E-state index in [1.165, 1.54) is 0 Å². The van der Waals surface area contributed by atoms with Crippen LogP contribution in [0.3, 0.4) is 0 Å². The second-order valence-electron chi connectivity index (χ2n) is 1.90. The Morgan fingerprint density at radius 1 is 1.89 bits per heavy atom. The van der Waals surface area contributed by atoms with Crippen LogP contribution in [0.1, 0.15) is 0 Å². The van der Waals surface area contributed by atoms with Crippen LogP contribution in [0.5, 0.6) is 0 Å². The maximum absolute atomic E-state index is 5.31. The minimum absolute atomic E-state index is 0.661. The highest BCUT2D eigenvalue weighted by atomic mass is 32.1. The zero-order chi connectivity index (χ0) is 6.69. The van der Waals surface area contributed by atoms with Crippen LogP contribution >= 0.6 is 12.2 Å². The SMILES string of the molecule is NCCN1C=NC(=S)C1. The Morgan fingerprint density at radius 2 is 2.67 bits per heavy atom. The molecule has 9 heavy (non-hydrogen) atoms. The van der Waals surface area contributed by atoms with Crippen molar-refractivity contribution in [2.75, 3.05) is 19.6 Å². The van der Waals surface area contributed by atoms with Crippen molar-refractivity contribution in [2.24, 2.45) is 10.7 Å². The van der Waals surface area contributed by atoms with Gasteiger partial charge in [-0.25, -0.2) is 4.99 Å². The van der Waals surface area contributed by atoms with Crippen molar-refractivity contribution in [2.45, 2.75) is 0 Å². The summed E-state index contributed by atoms with van der Waals surface area (Å²) in [7, 11) is 0. The molecule has 1 aliphatic rings. The summed E-state index contributed by atoms with van der Waals surface area (Å²) in [5.74, 6) is 0. The van der Waals surface area contributed by atoms with Crippen molar-refractivity contribution in [3.8, 4) is 0 Å². The average molecular weight is 143 g/mol. The summed E-state index contributed by atoms with van der Waals surface area (Å²) in [6.45, 7) is 2.28. The van der Waals surface area contributed by atoms with Gasteiger partial charge in [0.15, 0.2) is 0 Å². The molecule has 0 amide bonds. The smallest absolute Gasteiger partial charge is 0.124 e. The Bertz CT molecular complexity index is 143. The first-order valence-electron chi connectivity index (χ1n) is 2.84. The number of nitrogens with two attached hydrogens (primary N) is 1. The van der Waals surface area contributed by atoms with Gasteiger partial charge in [-0.2, -0.15) is 0 Å². The topological polar surface area (TPSA) is 41.6 Å². The molecular weight excluding hydrogens is 134 g/mol. The van der Waals surface area contributed by atoms with E-state index in [0.717, 1.165) is 18.1 Å². The predicted molar refractivity (Wildman–Crippen MR) is 41.7 cm³/mol. The summed E-state index contributed by atoms with van der Waals surface area (Å²) in [5.41, 5.74) is 5.31. The number of hydrogen-bond donors (Lipinski definition) is 1. The Kier molecular flexibility index (Phi) is 2.13. The molecule has 0 spiro atoms. The lowest BCUT2D eigenvalue weighted by atomic mass is 10.5. The normalized spacial score (nSPS) is 17.4. The van der Waals surface area contributed by atoms with Crippen LogP contribution in [0.4, 0.5) is 0 Å². The fourth-order valence-electron chi connectivity index (χ4n) is 0.704. The number of thiocarbonyl (C=S) groups is 1. The van der Waals surface area contributed by atoms with Crippen LogP contribution < -0.4 is 5.73 Å². The van der Waals surface area contributed by atoms with Gasteiger partial charge in [0.2, 0.25) is 0 Å². The monoisotopic (exact) mass is 143 g/mol. The number of nitrogens with zero attached hydrogens (tertiary/aromatic N) is 2. The van der Waals surface area contributed by atoms with Crippen LogP contribution in [0.15, 0.2) is 4.99 Å². The zero-order valence-electron chi connectivity index (χ0n) is 5.08. The quantitative estimate of drug-likeness (QED) is 0.536. The lowest BCUT2D eigenvalue weighted by Crippen LogP contribution is -2.27. The molecule has 0 saturated carbocycles. The molecule has 0 aliphatic carbocycles. The largest absolute Gasteiger partial charge is 0.355 e. The van der Waals surface area contributed by atoms with E-state index in [1.807, 2.05) is 4.90 Å². The third kappa shape index (κ3) is 1.73. The molecule has 0 aromatic rings. The molecule has 0 bridgehead atoms. The van der Waals surface area contributed by atoms with E-state index in [4.69, 9.17) is 18.0 Å². The number of rotatable bonds is 2. The van der Waals surface area contributed by atoms with Crippen molar-refractivity contribution in [1.82, 2.24) is 4.90 Å². The Balaban J connectivity index is 2.32. The molecule has 1 rings (SSSR count). The van der Waals surface area contributed by atoms with Gasteiger partial charge in [0.1, 0.15) is 4.99 Å². The molecule has 50 valence electrons. The van der Waals surface area contributed by atoms with Crippen LogP contribution in [-0.4, -0.2) is 35.9 Å². The third-order valence-corrected chi connectivity index (χ3v) is 1.35. The fourth-order valence-corrected chi connectivity index (χ4v) is 0.917. The average Bonchev–Trinajstić information content (AvgIpc) is 2.17. The summed E-state index contributed by atoms with van der Waals surface area (Å²) < 4.78 is 0. The second kappa shape index (κ2) is 2.89. The van der Waals surface area contributed by atoms with Gasteiger partial charge < -0.3 is 10.6 Å². The Morgan fingerprint density at radius 3 is 3.11 bits per heavy atom. The lowest BCUT2D eigenvalue weighted by molar-refractivity contribution is 0.512. The molecular formula is C5H9N3S. The first-order chi connectivity index (χ1) is 4.33. The van der Waals surface area contributed by atoms with Gasteiger partial charge >= 0.3 is 0 Å². The molecule has 0 saturated heterocycles. The van der Waals surface area contributed by atoms with E-state index >= 15 is 0 Å². The van der Waals surface area contributed by atoms with E-state index in [0.29, 0.717) is 6.54 Å². The lowest BCUT2D eigenvalue weighted by Gasteiger charge is -2.09. The van der Waals surface area contributed by atoms with Crippen molar-refractivity contribution in [3.05, 3.63) is 0 Å². The molecule has 1 heterocycles. The van der Waals surface area contributed by atoms with Crippen LogP contribution in [0, 0.1) is 0 Å². The first kappa shape index (κ1) is 6.64. The van der Waals surface area contributed by atoms with Crippen molar-refractivity contribution in [1.29, 1.82) is 0 Å². The van der Waals surface area contributed by atoms with Crippen molar-refractivity contribution < 1.29 is 0 Å². The van der Waals surface area contributed by atoms with E-state index in [2.05, 4.69) is 4.99 Å². The fraction of sp³-hybridized carbons (Fsp3) is 0.600. The van der Waals surface area contributed by atoms with E-state index in [1.54, 1.807) is 6.34 Å². The van der Waals surface area contributed by atoms with Crippen molar-refractivity contribution in [3.63, 3.8) is 0 Å². The van der Waals surface area contributed by atoms with E-state index in [-0.39, 0.29) is 0 Å². The van der Waals surface area contributed by atoms with Gasteiger partial charge in [-0.3, -0.25) is 0 Å². The molecule has 0 aromatic carbocycles. The van der Waals surface area contributed by atoms with Gasteiger partial charge in [-0.15, -0.1) is 0 Å². The van der Waals surface area contributed by atoms with Crippen molar-refractivity contribution >= 4 is 23.5 Å². The van der Waals surface area contributed by atoms with E-state index < -0.39 is 0 Å². The summed E-state index contributed by atoms with van der Waals surface area (Å²) in [5, 5.41) is 0. The van der Waals surface area contributed by atoms with Gasteiger partial charge in [0, 0.05) is 13.1 Å². The standard InChI is InChI=1S/C5H9N3S/c6-1-2-8-3-5(9)7-4-8/h4H,1-3,6H2. The Hall–Kier alpha value is -0.480. The maximum atomic E-state index is 5.31. The summed E-state index contributed by atoms with van der Waals surface area (Å²) in [6, 6.07) is 0. The summed E-state index contributed by atoms with van der Waals surface area (Å²) in [6.07, 6.45) is 1.75. The molecule has 3 nitrogen and oxygen atoms in total. The molecule has 0 fully saturated rings. The molecule has 0 radical (unpaired) electrons. The number of hydrogen-bond acceptors (Lipinski definition) is 3. The van der Waals surface area contributed by atoms with Gasteiger partial charge in [-0.1, -0.05) is 12.2 Å². The van der Waals surface area contributed by atoms with Gasteiger partial charge in [0.25, 0.3) is 0 Å². The highest BCUT2D eigenvalue weighted by Gasteiger charge is 2.07. The van der Waals surface area contributed by atoms with Crippen LogP contribution in [0.2, 0.25) is 0 Å². The van der Waals surface area contributed by atoms with Gasteiger partial charge in [-0.05, 0) is 0 Å². The molecule has 1 aliphatic heterocycles.